The zero-order chi connectivity index (χ0) is 9.40. The number of carbonyl (C=O) groups excluding carboxylic acids is 1. The summed E-state index contributed by atoms with van der Waals surface area (Å²) in [4.78, 5) is 20.4. The molecule has 0 saturated heterocycles. The van der Waals surface area contributed by atoms with Crippen molar-refractivity contribution in [2.45, 2.75) is 25.3 Å². The van der Waals surface area contributed by atoms with E-state index in [4.69, 9.17) is 10.8 Å². The van der Waals surface area contributed by atoms with Crippen molar-refractivity contribution in [3.05, 3.63) is 0 Å². The topological polar surface area (TPSA) is 92.4 Å². The van der Waals surface area contributed by atoms with Gasteiger partial charge in [-0.05, 0) is 25.8 Å². The van der Waals surface area contributed by atoms with Gasteiger partial charge in [0.25, 0.3) is 0 Å². The molecule has 0 fully saturated rings. The first kappa shape index (κ1) is 10.9. The number of hydrogen-bond acceptors (Lipinski definition) is 3. The van der Waals surface area contributed by atoms with Crippen molar-refractivity contribution >= 4 is 12.4 Å². The highest BCUT2D eigenvalue weighted by Gasteiger charge is 2.08. The number of unbranched alkanes of at least 4 members (excludes halogenated alkanes) is 1. The molecule has 1 atom stereocenters. The Hall–Kier alpha value is -1.10. The Morgan fingerprint density at radius 2 is 2.25 bits per heavy atom. The molecule has 5 nitrogen and oxygen atoms in total. The summed E-state index contributed by atoms with van der Waals surface area (Å²) in [5.41, 5.74) is 5.23. The van der Waals surface area contributed by atoms with Gasteiger partial charge in [-0.3, -0.25) is 0 Å². The van der Waals surface area contributed by atoms with Crippen LogP contribution in [0.1, 0.15) is 19.3 Å². The molecule has 0 bridgehead atoms. The lowest BCUT2D eigenvalue weighted by Crippen LogP contribution is -2.34. The number of hydrogen-bond donors (Lipinski definition) is 3. The van der Waals surface area contributed by atoms with Gasteiger partial charge in [0.1, 0.15) is 6.29 Å². The Bertz CT molecular complexity index is 150. The predicted molar refractivity (Wildman–Crippen MR) is 43.9 cm³/mol. The first-order chi connectivity index (χ1) is 5.70. The molecule has 1 amide bonds. The molecule has 0 aromatic carbocycles. The number of amides is 1. The predicted octanol–water partition coefficient (Wildman–Crippen LogP) is -0.0495. The van der Waals surface area contributed by atoms with Crippen molar-refractivity contribution in [1.82, 2.24) is 5.32 Å². The minimum Gasteiger partial charge on any atom is -0.465 e. The molecule has 4 N–H and O–H groups in total. The molecule has 0 aliphatic carbocycles. The van der Waals surface area contributed by atoms with Crippen LogP contribution in [0.2, 0.25) is 0 Å². The van der Waals surface area contributed by atoms with Gasteiger partial charge in [-0.2, -0.15) is 0 Å². The van der Waals surface area contributed by atoms with Crippen LogP contribution in [0.5, 0.6) is 0 Å². The maximum absolute atomic E-state index is 10.3. The lowest BCUT2D eigenvalue weighted by atomic mass is 10.1. The lowest BCUT2D eigenvalue weighted by molar-refractivity contribution is -0.109. The Labute approximate surface area is 70.9 Å². The highest BCUT2D eigenvalue weighted by Crippen LogP contribution is 1.97. The summed E-state index contributed by atoms with van der Waals surface area (Å²) in [5, 5.41) is 10.4. The van der Waals surface area contributed by atoms with E-state index in [0.717, 1.165) is 12.8 Å². The largest absolute Gasteiger partial charge is 0.465 e. The average Bonchev–Trinajstić information content (AvgIpc) is 2.02. The SMILES string of the molecule is NCCCC[C@@H](C=O)NC(=O)O. The van der Waals surface area contributed by atoms with Crippen LogP contribution in [-0.2, 0) is 4.79 Å². The molecule has 0 aliphatic heterocycles. The van der Waals surface area contributed by atoms with Gasteiger partial charge in [0.15, 0.2) is 0 Å². The van der Waals surface area contributed by atoms with Crippen LogP contribution < -0.4 is 11.1 Å². The normalized spacial score (nSPS) is 12.1. The van der Waals surface area contributed by atoms with Gasteiger partial charge in [-0.15, -0.1) is 0 Å². The number of carbonyl (C=O) groups is 2. The van der Waals surface area contributed by atoms with Crippen LogP contribution in [0.3, 0.4) is 0 Å². The Morgan fingerprint density at radius 1 is 1.58 bits per heavy atom. The van der Waals surface area contributed by atoms with Crippen LogP contribution >= 0.6 is 0 Å². The van der Waals surface area contributed by atoms with Crippen LogP contribution in [0.25, 0.3) is 0 Å². The van der Waals surface area contributed by atoms with E-state index < -0.39 is 12.1 Å². The van der Waals surface area contributed by atoms with Crippen LogP contribution in [0.4, 0.5) is 4.79 Å². The standard InChI is InChI=1S/C7H14N2O3/c8-4-2-1-3-6(5-10)9-7(11)12/h5-6,9H,1-4,8H2,(H,11,12)/t6-/m0/s1. The Balaban J connectivity index is 3.53. The van der Waals surface area contributed by atoms with Gasteiger partial charge in [0.2, 0.25) is 0 Å². The molecule has 5 heteroatoms. The van der Waals surface area contributed by atoms with E-state index in [9.17, 15) is 9.59 Å². The minimum absolute atomic E-state index is 0.521. The maximum Gasteiger partial charge on any atom is 0.405 e. The molecular formula is C7H14N2O3. The minimum atomic E-state index is -1.17. The monoisotopic (exact) mass is 174 g/mol. The molecule has 0 heterocycles. The molecule has 70 valence electrons. The van der Waals surface area contributed by atoms with Crippen LogP contribution in [0.15, 0.2) is 0 Å². The molecule has 0 spiro atoms. The zero-order valence-electron chi connectivity index (χ0n) is 6.82. The van der Waals surface area contributed by atoms with Gasteiger partial charge in [-0.25, -0.2) is 4.79 Å². The molecule has 0 unspecified atom stereocenters. The van der Waals surface area contributed by atoms with Gasteiger partial charge in [-0.1, -0.05) is 0 Å². The van der Waals surface area contributed by atoms with Crippen LogP contribution in [-0.4, -0.2) is 30.1 Å². The number of aldehydes is 1. The van der Waals surface area contributed by atoms with E-state index >= 15 is 0 Å². The molecule has 0 aromatic heterocycles. The quantitative estimate of drug-likeness (QED) is 0.389. The third-order valence-corrected chi connectivity index (χ3v) is 1.44. The highest BCUT2D eigenvalue weighted by atomic mass is 16.4. The third-order valence-electron chi connectivity index (χ3n) is 1.44. The van der Waals surface area contributed by atoms with Crippen molar-refractivity contribution in [2.75, 3.05) is 6.54 Å². The maximum atomic E-state index is 10.3. The second kappa shape index (κ2) is 6.60. The van der Waals surface area contributed by atoms with E-state index in [0.29, 0.717) is 19.3 Å². The molecular weight excluding hydrogens is 160 g/mol. The highest BCUT2D eigenvalue weighted by molar-refractivity contribution is 5.71. The first-order valence-electron chi connectivity index (χ1n) is 3.85. The number of nitrogens with two attached hydrogens (primary N) is 1. The van der Waals surface area contributed by atoms with E-state index in [2.05, 4.69) is 5.32 Å². The number of rotatable bonds is 6. The van der Waals surface area contributed by atoms with E-state index in [1.54, 1.807) is 0 Å². The molecule has 12 heavy (non-hydrogen) atoms. The van der Waals surface area contributed by atoms with Crippen molar-refractivity contribution < 1.29 is 14.7 Å². The summed E-state index contributed by atoms with van der Waals surface area (Å²) in [5.74, 6) is 0. The number of nitrogens with one attached hydrogen (secondary N) is 1. The molecule has 0 radical (unpaired) electrons. The van der Waals surface area contributed by atoms with Crippen LogP contribution in [0, 0.1) is 0 Å². The summed E-state index contributed by atoms with van der Waals surface area (Å²) < 4.78 is 0. The fourth-order valence-corrected chi connectivity index (χ4v) is 0.841. The summed E-state index contributed by atoms with van der Waals surface area (Å²) in [6.45, 7) is 0.568. The van der Waals surface area contributed by atoms with Crippen molar-refractivity contribution in [3.63, 3.8) is 0 Å². The van der Waals surface area contributed by atoms with Gasteiger partial charge >= 0.3 is 6.09 Å². The molecule has 0 rings (SSSR count). The second-order valence-corrected chi connectivity index (χ2v) is 2.48. The zero-order valence-corrected chi connectivity index (χ0v) is 6.82. The van der Waals surface area contributed by atoms with Crippen molar-refractivity contribution in [3.8, 4) is 0 Å². The molecule has 0 aromatic rings. The summed E-state index contributed by atoms with van der Waals surface area (Å²) >= 11 is 0. The van der Waals surface area contributed by atoms with E-state index in [1.807, 2.05) is 0 Å². The summed E-state index contributed by atoms with van der Waals surface area (Å²) in [7, 11) is 0. The first-order valence-corrected chi connectivity index (χ1v) is 3.85. The summed E-state index contributed by atoms with van der Waals surface area (Å²) in [6.07, 6.45) is 1.53. The van der Waals surface area contributed by atoms with E-state index in [1.165, 1.54) is 0 Å². The lowest BCUT2D eigenvalue weighted by Gasteiger charge is -2.08. The average molecular weight is 174 g/mol. The molecule has 0 aliphatic rings. The van der Waals surface area contributed by atoms with Gasteiger partial charge < -0.3 is 21.0 Å². The Kier molecular flexibility index (Phi) is 6.00. The van der Waals surface area contributed by atoms with Crippen molar-refractivity contribution in [2.24, 2.45) is 5.73 Å². The molecule has 0 saturated carbocycles. The third kappa shape index (κ3) is 5.67. The fourth-order valence-electron chi connectivity index (χ4n) is 0.841. The van der Waals surface area contributed by atoms with Crippen molar-refractivity contribution in [1.29, 1.82) is 0 Å². The van der Waals surface area contributed by atoms with Gasteiger partial charge in [0, 0.05) is 0 Å². The fraction of sp³-hybridized carbons (Fsp3) is 0.714. The van der Waals surface area contributed by atoms with Gasteiger partial charge in [0.05, 0.1) is 6.04 Å². The smallest absolute Gasteiger partial charge is 0.405 e. The number of carboxylic acid groups (broad SMARTS) is 1. The summed E-state index contributed by atoms with van der Waals surface area (Å²) in [6, 6.07) is -0.589. The van der Waals surface area contributed by atoms with E-state index in [-0.39, 0.29) is 0 Å². The Morgan fingerprint density at radius 3 is 2.67 bits per heavy atom. The second-order valence-electron chi connectivity index (χ2n) is 2.48.